The Morgan fingerprint density at radius 2 is 1.88 bits per heavy atom. The van der Waals surface area contributed by atoms with E-state index in [1.54, 1.807) is 23.2 Å². The molecule has 0 bridgehead atoms. The summed E-state index contributed by atoms with van der Waals surface area (Å²) < 4.78 is 5.71. The number of ether oxygens (including phenoxy) is 1. The third-order valence-electron chi connectivity index (χ3n) is 5.57. The highest BCUT2D eigenvalue weighted by Crippen LogP contribution is 2.40. The molecule has 0 aliphatic carbocycles. The summed E-state index contributed by atoms with van der Waals surface area (Å²) in [5.41, 5.74) is 5.65. The highest BCUT2D eigenvalue weighted by molar-refractivity contribution is 5.71. The van der Waals surface area contributed by atoms with Crippen molar-refractivity contribution < 1.29 is 9.53 Å². The lowest BCUT2D eigenvalue weighted by atomic mass is 9.94. The van der Waals surface area contributed by atoms with Crippen LogP contribution in [-0.4, -0.2) is 21.6 Å². The Hall–Kier alpha value is -3.65. The van der Waals surface area contributed by atoms with Crippen LogP contribution in [0.25, 0.3) is 0 Å². The number of carbonyl (C=O) groups excluding carboxylic acids is 1. The van der Waals surface area contributed by atoms with Gasteiger partial charge < -0.3 is 4.74 Å². The average molecular weight is 426 g/mol. The zero-order valence-corrected chi connectivity index (χ0v) is 18.7. The molecule has 3 aromatic rings. The number of aryl methyl sites for hydroxylation is 2. The van der Waals surface area contributed by atoms with Crippen LogP contribution < -0.4 is 0 Å². The Balaban J connectivity index is 1.66. The molecule has 4 rings (SSSR count). The SMILES string of the molecule is CC(C)(C)OC(=O)N1Cc2ccc(CCc3cccnc3)cc2C1c1ccc(C#N)cc1. The van der Waals surface area contributed by atoms with Gasteiger partial charge in [-0.25, -0.2) is 4.79 Å². The molecule has 162 valence electrons. The van der Waals surface area contributed by atoms with Crippen molar-refractivity contribution in [2.75, 3.05) is 0 Å². The van der Waals surface area contributed by atoms with Crippen LogP contribution in [0.2, 0.25) is 0 Å². The Bertz CT molecular complexity index is 1140. The maximum atomic E-state index is 13.1. The van der Waals surface area contributed by atoms with Crippen LogP contribution in [-0.2, 0) is 24.1 Å². The zero-order chi connectivity index (χ0) is 22.7. The lowest BCUT2D eigenvalue weighted by molar-refractivity contribution is 0.0203. The van der Waals surface area contributed by atoms with Gasteiger partial charge in [0.1, 0.15) is 5.60 Å². The molecule has 2 heterocycles. The number of amides is 1. The van der Waals surface area contributed by atoms with Gasteiger partial charge >= 0.3 is 6.09 Å². The summed E-state index contributed by atoms with van der Waals surface area (Å²) in [5, 5.41) is 9.17. The fourth-order valence-corrected chi connectivity index (χ4v) is 4.07. The van der Waals surface area contributed by atoms with E-state index in [-0.39, 0.29) is 12.1 Å². The fourth-order valence-electron chi connectivity index (χ4n) is 4.07. The van der Waals surface area contributed by atoms with Crippen LogP contribution in [0.1, 0.15) is 60.2 Å². The summed E-state index contributed by atoms with van der Waals surface area (Å²) in [7, 11) is 0. The van der Waals surface area contributed by atoms with Gasteiger partial charge in [-0.1, -0.05) is 36.4 Å². The van der Waals surface area contributed by atoms with Gasteiger partial charge in [-0.05, 0) is 79.6 Å². The molecular weight excluding hydrogens is 398 g/mol. The molecule has 1 aromatic heterocycles. The Morgan fingerprint density at radius 1 is 1.12 bits per heavy atom. The third-order valence-corrected chi connectivity index (χ3v) is 5.57. The molecule has 32 heavy (non-hydrogen) atoms. The first-order valence-corrected chi connectivity index (χ1v) is 10.8. The van der Waals surface area contributed by atoms with Gasteiger partial charge in [0.05, 0.1) is 24.2 Å². The van der Waals surface area contributed by atoms with Crippen LogP contribution in [0.3, 0.4) is 0 Å². The number of rotatable bonds is 4. The van der Waals surface area contributed by atoms with E-state index in [0.29, 0.717) is 12.1 Å². The Labute approximate surface area is 189 Å². The number of benzene rings is 2. The summed E-state index contributed by atoms with van der Waals surface area (Å²) in [4.78, 5) is 19.1. The van der Waals surface area contributed by atoms with Crippen molar-refractivity contribution in [2.24, 2.45) is 0 Å². The van der Waals surface area contributed by atoms with Crippen LogP contribution in [0.15, 0.2) is 67.0 Å². The minimum atomic E-state index is -0.573. The van der Waals surface area contributed by atoms with E-state index in [9.17, 15) is 4.79 Å². The molecule has 0 radical (unpaired) electrons. The second-order valence-electron chi connectivity index (χ2n) is 9.14. The zero-order valence-electron chi connectivity index (χ0n) is 18.7. The van der Waals surface area contributed by atoms with E-state index in [0.717, 1.165) is 29.5 Å². The van der Waals surface area contributed by atoms with E-state index < -0.39 is 5.60 Å². The van der Waals surface area contributed by atoms with E-state index in [2.05, 4.69) is 35.3 Å². The van der Waals surface area contributed by atoms with E-state index in [1.807, 2.05) is 45.2 Å². The molecule has 1 atom stereocenters. The predicted octanol–water partition coefficient (Wildman–Crippen LogP) is 5.58. The number of carbonyl (C=O) groups is 1. The molecule has 5 heteroatoms. The van der Waals surface area contributed by atoms with Crippen LogP contribution in [0, 0.1) is 11.3 Å². The van der Waals surface area contributed by atoms with Crippen molar-refractivity contribution in [3.05, 3.63) is 100 Å². The fraction of sp³-hybridized carbons (Fsp3) is 0.296. The summed E-state index contributed by atoms with van der Waals surface area (Å²) in [6.07, 6.45) is 5.15. The number of hydrogen-bond donors (Lipinski definition) is 0. The molecule has 1 unspecified atom stereocenters. The van der Waals surface area contributed by atoms with Crippen molar-refractivity contribution in [1.29, 1.82) is 5.26 Å². The standard InChI is InChI=1S/C27H27N3O2/c1-27(2,3)32-26(31)30-18-23-13-8-19(6-7-21-5-4-14-29-17-21)15-24(23)25(30)22-11-9-20(16-28)10-12-22/h4-5,8-15,17,25H,6-7,18H2,1-3H3. The first-order valence-electron chi connectivity index (χ1n) is 10.8. The molecule has 0 saturated carbocycles. The van der Waals surface area contributed by atoms with Crippen LogP contribution in [0.5, 0.6) is 0 Å². The molecular formula is C27H27N3O2. The smallest absolute Gasteiger partial charge is 0.411 e. The largest absolute Gasteiger partial charge is 0.444 e. The van der Waals surface area contributed by atoms with E-state index >= 15 is 0 Å². The lowest BCUT2D eigenvalue weighted by Crippen LogP contribution is -2.36. The van der Waals surface area contributed by atoms with Crippen LogP contribution in [0.4, 0.5) is 4.79 Å². The van der Waals surface area contributed by atoms with Gasteiger partial charge in [0.15, 0.2) is 0 Å². The topological polar surface area (TPSA) is 66.2 Å². The van der Waals surface area contributed by atoms with Crippen molar-refractivity contribution in [3.63, 3.8) is 0 Å². The van der Waals surface area contributed by atoms with Gasteiger partial charge in [-0.3, -0.25) is 9.88 Å². The molecule has 0 fully saturated rings. The minimum Gasteiger partial charge on any atom is -0.444 e. The first-order chi connectivity index (χ1) is 15.3. The molecule has 5 nitrogen and oxygen atoms in total. The van der Waals surface area contributed by atoms with Gasteiger partial charge in [-0.2, -0.15) is 5.26 Å². The number of nitriles is 1. The summed E-state index contributed by atoms with van der Waals surface area (Å²) in [5.74, 6) is 0. The first kappa shape index (κ1) is 21.6. The van der Waals surface area contributed by atoms with Crippen molar-refractivity contribution in [1.82, 2.24) is 9.88 Å². The number of aromatic nitrogens is 1. The van der Waals surface area contributed by atoms with Gasteiger partial charge in [0.2, 0.25) is 0 Å². The highest BCUT2D eigenvalue weighted by Gasteiger charge is 2.37. The Morgan fingerprint density at radius 3 is 2.53 bits per heavy atom. The second kappa shape index (κ2) is 8.84. The summed E-state index contributed by atoms with van der Waals surface area (Å²) in [6, 6.07) is 19.9. The normalized spacial score (nSPS) is 15.2. The average Bonchev–Trinajstić information content (AvgIpc) is 3.16. The predicted molar refractivity (Wildman–Crippen MR) is 123 cm³/mol. The Kier molecular flexibility index (Phi) is 5.96. The maximum Gasteiger partial charge on any atom is 0.411 e. The van der Waals surface area contributed by atoms with E-state index in [1.165, 1.54) is 11.1 Å². The highest BCUT2D eigenvalue weighted by atomic mass is 16.6. The maximum absolute atomic E-state index is 13.1. The van der Waals surface area contributed by atoms with Gasteiger partial charge in [0, 0.05) is 12.4 Å². The lowest BCUT2D eigenvalue weighted by Gasteiger charge is -2.29. The monoisotopic (exact) mass is 425 g/mol. The minimum absolute atomic E-state index is 0.245. The van der Waals surface area contributed by atoms with Gasteiger partial charge in [0.25, 0.3) is 0 Å². The number of fused-ring (bicyclic) bond motifs is 1. The molecule has 2 aromatic carbocycles. The molecule has 0 saturated heterocycles. The van der Waals surface area contributed by atoms with Crippen molar-refractivity contribution >= 4 is 6.09 Å². The van der Waals surface area contributed by atoms with E-state index in [4.69, 9.17) is 10.00 Å². The number of hydrogen-bond acceptors (Lipinski definition) is 4. The molecule has 0 spiro atoms. The van der Waals surface area contributed by atoms with Gasteiger partial charge in [-0.15, -0.1) is 0 Å². The van der Waals surface area contributed by atoms with Crippen LogP contribution >= 0.6 is 0 Å². The third kappa shape index (κ3) is 4.81. The molecule has 1 amide bonds. The molecule has 1 aliphatic heterocycles. The number of nitrogens with zero attached hydrogens (tertiary/aromatic N) is 3. The summed E-state index contributed by atoms with van der Waals surface area (Å²) in [6.45, 7) is 6.13. The quantitative estimate of drug-likeness (QED) is 0.547. The van der Waals surface area contributed by atoms with Crippen molar-refractivity contribution in [3.8, 4) is 6.07 Å². The number of pyridine rings is 1. The molecule has 0 N–H and O–H groups in total. The van der Waals surface area contributed by atoms with Crippen molar-refractivity contribution in [2.45, 2.75) is 51.8 Å². The second-order valence-corrected chi connectivity index (χ2v) is 9.14. The molecule has 1 aliphatic rings. The summed E-state index contributed by atoms with van der Waals surface area (Å²) >= 11 is 0.